The van der Waals surface area contributed by atoms with Crippen LogP contribution in [-0.2, 0) is 11.2 Å². The van der Waals surface area contributed by atoms with Crippen LogP contribution < -0.4 is 20.1 Å². The Morgan fingerprint density at radius 3 is 2.70 bits per heavy atom. The molecule has 1 amide bonds. The first-order chi connectivity index (χ1) is 14.2. The average Bonchev–Trinajstić information content (AvgIpc) is 3.04. The van der Waals surface area contributed by atoms with E-state index in [0.29, 0.717) is 17.9 Å². The molecule has 1 aliphatic heterocycles. The van der Waals surface area contributed by atoms with E-state index >= 15 is 0 Å². The van der Waals surface area contributed by atoms with Gasteiger partial charge < -0.3 is 20.1 Å². The molecule has 0 saturated carbocycles. The minimum Gasteiger partial charge on any atom is -0.493 e. The molecule has 2 aromatic carbocycles. The van der Waals surface area contributed by atoms with Crippen molar-refractivity contribution in [1.29, 1.82) is 0 Å². The Kier molecular flexibility index (Phi) is 6.54. The largest absolute Gasteiger partial charge is 0.493 e. The lowest BCUT2D eigenvalue weighted by atomic mass is 10.1. The van der Waals surface area contributed by atoms with Crippen molar-refractivity contribution in [2.75, 3.05) is 23.8 Å². The molecule has 30 heavy (non-hydrogen) atoms. The summed E-state index contributed by atoms with van der Waals surface area (Å²) in [7, 11) is 0. The molecule has 0 saturated heterocycles. The fraction of sp³-hybridized carbons (Fsp3) is 0.318. The maximum Gasteiger partial charge on any atom is 0.405 e. The van der Waals surface area contributed by atoms with E-state index in [2.05, 4.69) is 10.6 Å². The molecular weight excluding hydrogens is 397 g/mol. The standard InChI is InChI=1S/C22H23F3N2O3/c1-3-29-19-12-16-10-14(2)30-20(16)11-15(19)8-9-21(28)27-18-7-5-4-6-17(18)26-13-22(23,24)25/h4-9,11-12,14,26H,3,10,13H2,1-2H3,(H,27,28)/b9-8+. The molecule has 3 rings (SSSR count). The SMILES string of the molecule is CCOc1cc2c(cc1/C=C/C(=O)Nc1ccccc1NCC(F)(F)F)OC(C)C2. The number of halogens is 3. The van der Waals surface area contributed by atoms with E-state index in [0.717, 1.165) is 17.7 Å². The fourth-order valence-electron chi connectivity index (χ4n) is 3.15. The molecular formula is C22H23F3N2O3. The van der Waals surface area contributed by atoms with Crippen LogP contribution in [0.4, 0.5) is 24.5 Å². The lowest BCUT2D eigenvalue weighted by Crippen LogP contribution is -2.22. The summed E-state index contributed by atoms with van der Waals surface area (Å²) in [6.45, 7) is 3.13. The zero-order chi connectivity index (χ0) is 21.7. The Hall–Kier alpha value is -3.16. The molecule has 160 valence electrons. The zero-order valence-corrected chi connectivity index (χ0v) is 16.7. The molecule has 1 atom stereocenters. The van der Waals surface area contributed by atoms with Crippen LogP contribution in [0.2, 0.25) is 0 Å². The van der Waals surface area contributed by atoms with Crippen molar-refractivity contribution in [2.24, 2.45) is 0 Å². The van der Waals surface area contributed by atoms with Gasteiger partial charge in [-0.1, -0.05) is 12.1 Å². The number of fused-ring (bicyclic) bond motifs is 1. The quantitative estimate of drug-likeness (QED) is 0.617. The summed E-state index contributed by atoms with van der Waals surface area (Å²) < 4.78 is 48.9. The smallest absolute Gasteiger partial charge is 0.405 e. The second-order valence-corrected chi connectivity index (χ2v) is 6.90. The fourth-order valence-corrected chi connectivity index (χ4v) is 3.15. The molecule has 0 aromatic heterocycles. The highest BCUT2D eigenvalue weighted by Gasteiger charge is 2.27. The minimum absolute atomic E-state index is 0.0812. The third-order valence-electron chi connectivity index (χ3n) is 4.41. The second kappa shape index (κ2) is 9.11. The van der Waals surface area contributed by atoms with Crippen molar-refractivity contribution in [2.45, 2.75) is 32.5 Å². The zero-order valence-electron chi connectivity index (χ0n) is 16.7. The Morgan fingerprint density at radius 2 is 2.00 bits per heavy atom. The normalized spacial score (nSPS) is 15.6. The summed E-state index contributed by atoms with van der Waals surface area (Å²) in [6, 6.07) is 9.95. The van der Waals surface area contributed by atoms with E-state index in [9.17, 15) is 18.0 Å². The van der Waals surface area contributed by atoms with Crippen LogP contribution in [0.1, 0.15) is 25.0 Å². The molecule has 1 aliphatic rings. The number of nitrogens with one attached hydrogen (secondary N) is 2. The highest BCUT2D eigenvalue weighted by Crippen LogP contribution is 2.35. The summed E-state index contributed by atoms with van der Waals surface area (Å²) in [5.74, 6) is 0.923. The van der Waals surface area contributed by atoms with Crippen molar-refractivity contribution in [3.8, 4) is 11.5 Å². The van der Waals surface area contributed by atoms with Gasteiger partial charge in [0.2, 0.25) is 5.91 Å². The maximum absolute atomic E-state index is 12.5. The van der Waals surface area contributed by atoms with Crippen LogP contribution in [0.15, 0.2) is 42.5 Å². The first kappa shape index (κ1) is 21.5. The van der Waals surface area contributed by atoms with Gasteiger partial charge in [-0.05, 0) is 44.2 Å². The molecule has 0 radical (unpaired) electrons. The molecule has 2 aromatic rings. The van der Waals surface area contributed by atoms with Crippen LogP contribution in [0.25, 0.3) is 6.08 Å². The van der Waals surface area contributed by atoms with Crippen LogP contribution >= 0.6 is 0 Å². The van der Waals surface area contributed by atoms with Crippen LogP contribution in [0, 0.1) is 0 Å². The number of amides is 1. The predicted molar refractivity (Wildman–Crippen MR) is 110 cm³/mol. The summed E-state index contributed by atoms with van der Waals surface area (Å²) in [6.07, 6.45) is -0.582. The maximum atomic E-state index is 12.5. The van der Waals surface area contributed by atoms with Crippen molar-refractivity contribution >= 4 is 23.4 Å². The minimum atomic E-state index is -4.36. The highest BCUT2D eigenvalue weighted by molar-refractivity contribution is 6.03. The lowest BCUT2D eigenvalue weighted by Gasteiger charge is -2.14. The van der Waals surface area contributed by atoms with E-state index in [4.69, 9.17) is 9.47 Å². The molecule has 0 bridgehead atoms. The number of hydrogen-bond donors (Lipinski definition) is 2. The summed E-state index contributed by atoms with van der Waals surface area (Å²) in [4.78, 5) is 12.4. The van der Waals surface area contributed by atoms with Gasteiger partial charge in [0, 0.05) is 23.6 Å². The molecule has 0 spiro atoms. The number of benzene rings is 2. The predicted octanol–water partition coefficient (Wildman–Crippen LogP) is 5.03. The highest BCUT2D eigenvalue weighted by atomic mass is 19.4. The summed E-state index contributed by atoms with van der Waals surface area (Å²) in [5.41, 5.74) is 2.18. The summed E-state index contributed by atoms with van der Waals surface area (Å²) >= 11 is 0. The number of alkyl halides is 3. The Balaban J connectivity index is 1.74. The number of ether oxygens (including phenoxy) is 2. The van der Waals surface area contributed by atoms with Crippen LogP contribution in [0.5, 0.6) is 11.5 Å². The van der Waals surface area contributed by atoms with E-state index in [1.54, 1.807) is 18.2 Å². The third-order valence-corrected chi connectivity index (χ3v) is 4.41. The van der Waals surface area contributed by atoms with Gasteiger partial charge >= 0.3 is 6.18 Å². The molecule has 1 heterocycles. The van der Waals surface area contributed by atoms with Crippen molar-refractivity contribution in [3.05, 3.63) is 53.6 Å². The summed E-state index contributed by atoms with van der Waals surface area (Å²) in [5, 5.41) is 4.89. The van der Waals surface area contributed by atoms with Crippen molar-refractivity contribution in [1.82, 2.24) is 0 Å². The van der Waals surface area contributed by atoms with Gasteiger partial charge in [-0.15, -0.1) is 0 Å². The van der Waals surface area contributed by atoms with Gasteiger partial charge in [0.25, 0.3) is 0 Å². The van der Waals surface area contributed by atoms with E-state index in [1.165, 1.54) is 18.2 Å². The number of anilines is 2. The van der Waals surface area contributed by atoms with Gasteiger partial charge in [0.15, 0.2) is 0 Å². The number of rotatable bonds is 7. The van der Waals surface area contributed by atoms with E-state index in [1.807, 2.05) is 26.0 Å². The second-order valence-electron chi connectivity index (χ2n) is 6.90. The van der Waals surface area contributed by atoms with Crippen LogP contribution in [0.3, 0.4) is 0 Å². The molecule has 2 N–H and O–H groups in total. The van der Waals surface area contributed by atoms with Crippen LogP contribution in [-0.4, -0.2) is 31.3 Å². The lowest BCUT2D eigenvalue weighted by molar-refractivity contribution is -0.115. The van der Waals surface area contributed by atoms with Gasteiger partial charge in [0.05, 0.1) is 18.0 Å². The first-order valence-electron chi connectivity index (χ1n) is 9.60. The van der Waals surface area contributed by atoms with Gasteiger partial charge in [-0.2, -0.15) is 13.2 Å². The third kappa shape index (κ3) is 5.68. The molecule has 5 nitrogen and oxygen atoms in total. The Labute approximate surface area is 172 Å². The number of carbonyl (C=O) groups excluding carboxylic acids is 1. The van der Waals surface area contributed by atoms with Crippen molar-refractivity contribution < 1.29 is 27.4 Å². The Morgan fingerprint density at radius 1 is 1.27 bits per heavy atom. The number of hydrogen-bond acceptors (Lipinski definition) is 4. The number of carbonyl (C=O) groups is 1. The molecule has 0 fully saturated rings. The molecule has 8 heteroatoms. The van der Waals surface area contributed by atoms with E-state index in [-0.39, 0.29) is 17.5 Å². The Bertz CT molecular complexity index is 942. The topological polar surface area (TPSA) is 59.6 Å². The number of para-hydroxylation sites is 2. The van der Waals surface area contributed by atoms with Gasteiger partial charge in [-0.3, -0.25) is 4.79 Å². The van der Waals surface area contributed by atoms with Crippen molar-refractivity contribution in [3.63, 3.8) is 0 Å². The van der Waals surface area contributed by atoms with Gasteiger partial charge in [-0.25, -0.2) is 0 Å². The van der Waals surface area contributed by atoms with E-state index < -0.39 is 18.6 Å². The van der Waals surface area contributed by atoms with Gasteiger partial charge in [0.1, 0.15) is 24.1 Å². The average molecular weight is 420 g/mol. The molecule has 0 aliphatic carbocycles. The first-order valence-corrected chi connectivity index (χ1v) is 9.60. The monoisotopic (exact) mass is 420 g/mol. The molecule has 1 unspecified atom stereocenters.